The number of hydrogen-bond donors (Lipinski definition) is 2. The molecule has 88 valence electrons. The van der Waals surface area contributed by atoms with Crippen LogP contribution >= 0.6 is 0 Å². The van der Waals surface area contributed by atoms with Gasteiger partial charge >= 0.3 is 0 Å². The number of pyridine rings is 1. The molecule has 2 N–H and O–H groups in total. The summed E-state index contributed by atoms with van der Waals surface area (Å²) in [6, 6.07) is 13.6. The molecule has 0 saturated carbocycles. The van der Waals surface area contributed by atoms with Gasteiger partial charge in [-0.15, -0.1) is 0 Å². The maximum atomic E-state index is 9.65. The van der Waals surface area contributed by atoms with Gasteiger partial charge in [0.25, 0.3) is 0 Å². The summed E-state index contributed by atoms with van der Waals surface area (Å²) in [5.74, 6) is 0.781. The highest BCUT2D eigenvalue weighted by atomic mass is 16.3. The number of aliphatic hydroxyl groups excluding tert-OH is 1. The lowest BCUT2D eigenvalue weighted by Crippen LogP contribution is -1.98. The molecular weight excluding hydrogens is 212 g/mol. The monoisotopic (exact) mass is 228 g/mol. The average molecular weight is 228 g/mol. The van der Waals surface area contributed by atoms with Crippen molar-refractivity contribution in [3.8, 4) is 0 Å². The molecule has 0 radical (unpaired) electrons. The summed E-state index contributed by atoms with van der Waals surface area (Å²) in [7, 11) is 0. The van der Waals surface area contributed by atoms with Crippen molar-refractivity contribution < 1.29 is 5.11 Å². The van der Waals surface area contributed by atoms with Crippen LogP contribution in [0.2, 0.25) is 0 Å². The van der Waals surface area contributed by atoms with E-state index in [4.69, 9.17) is 0 Å². The Balaban J connectivity index is 2.08. The maximum Gasteiger partial charge on any atom is 0.130 e. The van der Waals surface area contributed by atoms with E-state index < -0.39 is 6.10 Å². The van der Waals surface area contributed by atoms with E-state index in [9.17, 15) is 5.11 Å². The van der Waals surface area contributed by atoms with E-state index in [1.165, 1.54) is 0 Å². The van der Waals surface area contributed by atoms with Crippen molar-refractivity contribution in [2.75, 3.05) is 5.32 Å². The molecule has 0 bridgehead atoms. The SMILES string of the molecule is CC[C@H](O)c1ccc(Nc2ccccc2)nc1. The van der Waals surface area contributed by atoms with Gasteiger partial charge in [-0.2, -0.15) is 0 Å². The molecule has 0 saturated heterocycles. The summed E-state index contributed by atoms with van der Waals surface area (Å²) in [5.41, 5.74) is 1.86. The molecule has 1 aromatic carbocycles. The molecule has 2 aromatic rings. The molecule has 0 aliphatic carbocycles. The molecule has 1 aromatic heterocycles. The minimum atomic E-state index is -0.423. The number of nitrogens with zero attached hydrogens (tertiary/aromatic N) is 1. The number of benzene rings is 1. The van der Waals surface area contributed by atoms with Gasteiger partial charge in [0, 0.05) is 11.9 Å². The van der Waals surface area contributed by atoms with E-state index >= 15 is 0 Å². The fraction of sp³-hybridized carbons (Fsp3) is 0.214. The third kappa shape index (κ3) is 3.04. The van der Waals surface area contributed by atoms with Crippen molar-refractivity contribution in [1.29, 1.82) is 0 Å². The minimum absolute atomic E-state index is 0.423. The summed E-state index contributed by atoms with van der Waals surface area (Å²) in [6.07, 6.45) is 1.99. The second-order valence-electron chi connectivity index (χ2n) is 3.89. The Hall–Kier alpha value is -1.87. The van der Waals surface area contributed by atoms with Crippen LogP contribution in [0.3, 0.4) is 0 Å². The van der Waals surface area contributed by atoms with E-state index in [1.807, 2.05) is 49.4 Å². The van der Waals surface area contributed by atoms with Crippen LogP contribution in [0.5, 0.6) is 0 Å². The predicted molar refractivity (Wildman–Crippen MR) is 69.2 cm³/mol. The Morgan fingerprint density at radius 1 is 1.18 bits per heavy atom. The van der Waals surface area contributed by atoms with Gasteiger partial charge in [-0.1, -0.05) is 31.2 Å². The first-order valence-corrected chi connectivity index (χ1v) is 5.75. The first-order valence-electron chi connectivity index (χ1n) is 5.75. The zero-order valence-corrected chi connectivity index (χ0v) is 9.80. The molecule has 17 heavy (non-hydrogen) atoms. The Labute approximate surface area is 101 Å². The highest BCUT2D eigenvalue weighted by molar-refractivity contribution is 5.55. The highest BCUT2D eigenvalue weighted by Crippen LogP contribution is 2.18. The van der Waals surface area contributed by atoms with E-state index in [0.717, 1.165) is 17.1 Å². The Kier molecular flexibility index (Phi) is 3.73. The lowest BCUT2D eigenvalue weighted by atomic mass is 10.1. The summed E-state index contributed by atoms with van der Waals surface area (Å²) >= 11 is 0. The van der Waals surface area contributed by atoms with Gasteiger partial charge in [0.15, 0.2) is 0 Å². The maximum absolute atomic E-state index is 9.65. The fourth-order valence-electron chi connectivity index (χ4n) is 1.58. The Morgan fingerprint density at radius 3 is 2.53 bits per heavy atom. The summed E-state index contributed by atoms with van der Waals surface area (Å²) in [4.78, 5) is 4.27. The topological polar surface area (TPSA) is 45.1 Å². The molecule has 3 nitrogen and oxygen atoms in total. The van der Waals surface area contributed by atoms with Crippen LogP contribution in [0.4, 0.5) is 11.5 Å². The molecule has 3 heteroatoms. The van der Waals surface area contributed by atoms with Gasteiger partial charge in [-0.25, -0.2) is 4.98 Å². The smallest absolute Gasteiger partial charge is 0.130 e. The summed E-state index contributed by atoms with van der Waals surface area (Å²) < 4.78 is 0. The fourth-order valence-corrected chi connectivity index (χ4v) is 1.58. The highest BCUT2D eigenvalue weighted by Gasteiger charge is 2.04. The van der Waals surface area contributed by atoms with Crippen molar-refractivity contribution in [2.24, 2.45) is 0 Å². The molecule has 0 amide bonds. The van der Waals surface area contributed by atoms with E-state index in [2.05, 4.69) is 10.3 Å². The molecule has 0 aliphatic rings. The van der Waals surface area contributed by atoms with Gasteiger partial charge in [0.05, 0.1) is 6.10 Å². The molecule has 2 rings (SSSR count). The minimum Gasteiger partial charge on any atom is -0.388 e. The standard InChI is InChI=1S/C14H16N2O/c1-2-13(17)11-8-9-14(15-10-11)16-12-6-4-3-5-7-12/h3-10,13,17H,2H2,1H3,(H,15,16)/t13-/m0/s1. The van der Waals surface area contributed by atoms with Crippen LogP contribution in [-0.2, 0) is 0 Å². The van der Waals surface area contributed by atoms with Crippen molar-refractivity contribution in [3.05, 3.63) is 54.2 Å². The molecule has 0 aliphatic heterocycles. The van der Waals surface area contributed by atoms with Gasteiger partial charge in [0.1, 0.15) is 5.82 Å². The van der Waals surface area contributed by atoms with E-state index in [0.29, 0.717) is 6.42 Å². The van der Waals surface area contributed by atoms with Crippen LogP contribution in [-0.4, -0.2) is 10.1 Å². The third-order valence-electron chi connectivity index (χ3n) is 2.60. The van der Waals surface area contributed by atoms with Gasteiger partial charge < -0.3 is 10.4 Å². The molecular formula is C14H16N2O. The summed E-state index contributed by atoms with van der Waals surface area (Å²) in [5, 5.41) is 12.8. The number of rotatable bonds is 4. The summed E-state index contributed by atoms with van der Waals surface area (Å²) in [6.45, 7) is 1.95. The van der Waals surface area contributed by atoms with Crippen LogP contribution in [0.25, 0.3) is 0 Å². The second-order valence-corrected chi connectivity index (χ2v) is 3.89. The van der Waals surface area contributed by atoms with Gasteiger partial charge in [-0.05, 0) is 30.2 Å². The average Bonchev–Trinajstić information content (AvgIpc) is 2.40. The largest absolute Gasteiger partial charge is 0.388 e. The number of para-hydroxylation sites is 1. The van der Waals surface area contributed by atoms with Crippen LogP contribution in [0.15, 0.2) is 48.7 Å². The predicted octanol–water partition coefficient (Wildman–Crippen LogP) is 3.27. The second kappa shape index (κ2) is 5.46. The van der Waals surface area contributed by atoms with Crippen molar-refractivity contribution in [1.82, 2.24) is 4.98 Å². The zero-order valence-electron chi connectivity index (χ0n) is 9.80. The molecule has 0 fully saturated rings. The van der Waals surface area contributed by atoms with Gasteiger partial charge in [0.2, 0.25) is 0 Å². The Morgan fingerprint density at radius 2 is 1.94 bits per heavy atom. The van der Waals surface area contributed by atoms with Gasteiger partial charge in [-0.3, -0.25) is 0 Å². The van der Waals surface area contributed by atoms with Crippen molar-refractivity contribution in [2.45, 2.75) is 19.4 Å². The van der Waals surface area contributed by atoms with E-state index in [-0.39, 0.29) is 0 Å². The van der Waals surface area contributed by atoms with Crippen molar-refractivity contribution >= 4 is 11.5 Å². The number of aromatic nitrogens is 1. The molecule has 1 heterocycles. The molecule has 0 unspecified atom stereocenters. The molecule has 0 spiro atoms. The van der Waals surface area contributed by atoms with Crippen LogP contribution < -0.4 is 5.32 Å². The Bertz CT molecular complexity index is 453. The zero-order chi connectivity index (χ0) is 12.1. The normalized spacial score (nSPS) is 12.1. The van der Waals surface area contributed by atoms with Crippen LogP contribution in [0.1, 0.15) is 25.0 Å². The quantitative estimate of drug-likeness (QED) is 0.844. The third-order valence-corrected chi connectivity index (χ3v) is 2.60. The lowest BCUT2D eigenvalue weighted by Gasteiger charge is -2.09. The first-order chi connectivity index (χ1) is 8.29. The van der Waals surface area contributed by atoms with Crippen LogP contribution in [0, 0.1) is 0 Å². The lowest BCUT2D eigenvalue weighted by molar-refractivity contribution is 0.173. The first kappa shape index (κ1) is 11.6. The number of aliphatic hydroxyl groups is 1. The number of anilines is 2. The number of hydrogen-bond acceptors (Lipinski definition) is 3. The van der Waals surface area contributed by atoms with Crippen molar-refractivity contribution in [3.63, 3.8) is 0 Å². The van der Waals surface area contributed by atoms with E-state index in [1.54, 1.807) is 6.20 Å². The number of nitrogens with one attached hydrogen (secondary N) is 1. The molecule has 1 atom stereocenters.